The zero-order valence-electron chi connectivity index (χ0n) is 20.1. The molecule has 11 heteroatoms. The number of aliphatic hydroxyl groups excluding tert-OH is 1. The Hall–Kier alpha value is -3.57. The molecule has 3 atom stereocenters. The largest absolute Gasteiger partial charge is 0.381 e. The monoisotopic (exact) mass is 530 g/mol. The van der Waals surface area contributed by atoms with Gasteiger partial charge >= 0.3 is 0 Å². The number of carbonyl (C=O) groups is 3. The van der Waals surface area contributed by atoms with Gasteiger partial charge in [-0.05, 0) is 35.6 Å². The SMILES string of the molecule is Cn1cccc1C(=O)N[C@@H](Cc1ccccc1)[C@H](O)C(=O)N1CC(F)(F)C[C@H]1C(=O)NCc1cccs1. The summed E-state index contributed by atoms with van der Waals surface area (Å²) < 4.78 is 30.4. The van der Waals surface area contributed by atoms with Gasteiger partial charge in [-0.1, -0.05) is 36.4 Å². The molecule has 3 aromatic rings. The van der Waals surface area contributed by atoms with E-state index in [4.69, 9.17) is 0 Å². The van der Waals surface area contributed by atoms with Gasteiger partial charge in [0.15, 0.2) is 6.10 Å². The summed E-state index contributed by atoms with van der Waals surface area (Å²) >= 11 is 1.40. The Balaban J connectivity index is 1.53. The molecular weight excluding hydrogens is 502 g/mol. The van der Waals surface area contributed by atoms with E-state index in [1.807, 2.05) is 5.38 Å². The Kier molecular flexibility index (Phi) is 8.03. The fourth-order valence-corrected chi connectivity index (χ4v) is 5.02. The predicted molar refractivity (Wildman–Crippen MR) is 134 cm³/mol. The second kappa shape index (κ2) is 11.2. The van der Waals surface area contributed by atoms with Crippen LogP contribution in [0.5, 0.6) is 0 Å². The minimum Gasteiger partial charge on any atom is -0.381 e. The molecule has 0 spiro atoms. The number of hydrogen-bond acceptors (Lipinski definition) is 5. The first kappa shape index (κ1) is 26.5. The fourth-order valence-electron chi connectivity index (χ4n) is 4.38. The number of aryl methyl sites for hydroxylation is 1. The van der Waals surface area contributed by atoms with Gasteiger partial charge in [-0.3, -0.25) is 14.4 Å². The molecule has 3 N–H and O–H groups in total. The number of halogens is 2. The van der Waals surface area contributed by atoms with Crippen molar-refractivity contribution in [3.63, 3.8) is 0 Å². The number of hydrogen-bond donors (Lipinski definition) is 3. The van der Waals surface area contributed by atoms with E-state index < -0.39 is 54.8 Å². The van der Waals surface area contributed by atoms with Gasteiger partial charge < -0.3 is 25.2 Å². The van der Waals surface area contributed by atoms with Crippen LogP contribution in [0.15, 0.2) is 66.2 Å². The molecule has 1 saturated heterocycles. The second-order valence-corrected chi connectivity index (χ2v) is 10.1. The summed E-state index contributed by atoms with van der Waals surface area (Å²) in [5.74, 6) is -5.58. The lowest BCUT2D eigenvalue weighted by Crippen LogP contribution is -2.56. The number of thiophene rings is 1. The van der Waals surface area contributed by atoms with Crippen LogP contribution in [0.25, 0.3) is 0 Å². The van der Waals surface area contributed by atoms with Crippen molar-refractivity contribution >= 4 is 29.1 Å². The van der Waals surface area contributed by atoms with E-state index in [0.29, 0.717) is 5.69 Å². The minimum absolute atomic E-state index is 0.0728. The first-order valence-electron chi connectivity index (χ1n) is 11.8. The van der Waals surface area contributed by atoms with Gasteiger partial charge in [-0.25, -0.2) is 8.78 Å². The Morgan fingerprint density at radius 1 is 1.14 bits per heavy atom. The molecule has 8 nitrogen and oxygen atoms in total. The standard InChI is InChI=1S/C26H28F2N4O4S/c1-31-11-5-10-20(31)24(35)30-19(13-17-7-3-2-4-8-17)22(33)25(36)32-16-26(27,28)14-21(32)23(34)29-15-18-9-6-12-37-18/h2-12,19,21-22,33H,13-16H2,1H3,(H,29,34)(H,30,35)/t19-,21-,22-/m0/s1. The first-order valence-corrected chi connectivity index (χ1v) is 12.7. The van der Waals surface area contributed by atoms with Gasteiger partial charge in [0.1, 0.15) is 11.7 Å². The third-order valence-electron chi connectivity index (χ3n) is 6.30. The van der Waals surface area contributed by atoms with E-state index in [1.54, 1.807) is 72.4 Å². The van der Waals surface area contributed by atoms with E-state index in [2.05, 4.69) is 10.6 Å². The topological polar surface area (TPSA) is 104 Å². The molecule has 1 aliphatic heterocycles. The molecule has 0 aliphatic carbocycles. The van der Waals surface area contributed by atoms with Crippen LogP contribution in [-0.2, 0) is 29.6 Å². The highest BCUT2D eigenvalue weighted by atomic mass is 32.1. The Morgan fingerprint density at radius 3 is 2.54 bits per heavy atom. The van der Waals surface area contributed by atoms with E-state index in [1.165, 1.54) is 11.3 Å². The van der Waals surface area contributed by atoms with Gasteiger partial charge in [-0.15, -0.1) is 11.3 Å². The molecule has 0 radical (unpaired) electrons. The number of aromatic nitrogens is 1. The molecule has 4 rings (SSSR count). The molecule has 37 heavy (non-hydrogen) atoms. The Morgan fingerprint density at radius 2 is 1.89 bits per heavy atom. The lowest BCUT2D eigenvalue weighted by Gasteiger charge is -2.30. The van der Waals surface area contributed by atoms with Crippen molar-refractivity contribution < 1.29 is 28.3 Å². The summed E-state index contributed by atoms with van der Waals surface area (Å²) in [5.41, 5.74) is 1.03. The van der Waals surface area contributed by atoms with Crippen LogP contribution >= 0.6 is 11.3 Å². The minimum atomic E-state index is -3.29. The maximum Gasteiger partial charge on any atom is 0.268 e. The highest BCUT2D eigenvalue weighted by Crippen LogP contribution is 2.33. The summed E-state index contributed by atoms with van der Waals surface area (Å²) in [6.07, 6.45) is -0.954. The number of alkyl halides is 2. The number of amides is 3. The van der Waals surface area contributed by atoms with E-state index in [0.717, 1.165) is 15.3 Å². The Bertz CT molecular complexity index is 1230. The molecule has 2 aromatic heterocycles. The van der Waals surface area contributed by atoms with Gasteiger partial charge in [-0.2, -0.15) is 0 Å². The van der Waals surface area contributed by atoms with Crippen LogP contribution < -0.4 is 10.6 Å². The molecule has 0 unspecified atom stereocenters. The van der Waals surface area contributed by atoms with Crippen molar-refractivity contribution in [1.82, 2.24) is 20.1 Å². The number of rotatable bonds is 9. The molecule has 1 aliphatic rings. The van der Waals surface area contributed by atoms with E-state index in [9.17, 15) is 28.3 Å². The van der Waals surface area contributed by atoms with Crippen LogP contribution in [0.3, 0.4) is 0 Å². The van der Waals surface area contributed by atoms with E-state index in [-0.39, 0.29) is 13.0 Å². The van der Waals surface area contributed by atoms with Gasteiger partial charge in [0.25, 0.3) is 17.7 Å². The summed E-state index contributed by atoms with van der Waals surface area (Å²) in [7, 11) is 1.68. The van der Waals surface area contributed by atoms with Gasteiger partial charge in [0.2, 0.25) is 5.91 Å². The van der Waals surface area contributed by atoms with Crippen molar-refractivity contribution in [2.45, 2.75) is 43.5 Å². The quantitative estimate of drug-likeness (QED) is 0.395. The molecule has 3 heterocycles. The first-order chi connectivity index (χ1) is 17.6. The molecule has 3 amide bonds. The van der Waals surface area contributed by atoms with Crippen LogP contribution in [-0.4, -0.2) is 63.0 Å². The van der Waals surface area contributed by atoms with Crippen molar-refractivity contribution in [1.29, 1.82) is 0 Å². The summed E-state index contributed by atoms with van der Waals surface area (Å²) in [5, 5.41) is 18.2. The molecule has 1 fully saturated rings. The summed E-state index contributed by atoms with van der Waals surface area (Å²) in [4.78, 5) is 40.6. The number of carbonyl (C=O) groups excluding carboxylic acids is 3. The third kappa shape index (κ3) is 6.41. The summed E-state index contributed by atoms with van der Waals surface area (Å²) in [6.45, 7) is -0.851. The van der Waals surface area contributed by atoms with Crippen LogP contribution in [0.4, 0.5) is 8.78 Å². The smallest absolute Gasteiger partial charge is 0.268 e. The number of nitrogens with one attached hydrogen (secondary N) is 2. The molecule has 0 bridgehead atoms. The van der Waals surface area contributed by atoms with Crippen molar-refractivity contribution in [3.8, 4) is 0 Å². The molecule has 0 saturated carbocycles. The predicted octanol–water partition coefficient (Wildman–Crippen LogP) is 2.34. The molecule has 196 valence electrons. The van der Waals surface area contributed by atoms with Crippen LogP contribution in [0, 0.1) is 0 Å². The van der Waals surface area contributed by atoms with Crippen LogP contribution in [0.2, 0.25) is 0 Å². The van der Waals surface area contributed by atoms with Gasteiger partial charge in [0.05, 0.1) is 19.1 Å². The lowest BCUT2D eigenvalue weighted by atomic mass is 9.99. The zero-order valence-corrected chi connectivity index (χ0v) is 21.0. The van der Waals surface area contributed by atoms with Crippen molar-refractivity contribution in [2.75, 3.05) is 6.54 Å². The number of aliphatic hydroxyl groups is 1. The van der Waals surface area contributed by atoms with Crippen molar-refractivity contribution in [2.24, 2.45) is 7.05 Å². The number of nitrogens with zero attached hydrogens (tertiary/aromatic N) is 2. The van der Waals surface area contributed by atoms with E-state index >= 15 is 0 Å². The number of benzene rings is 1. The second-order valence-electron chi connectivity index (χ2n) is 9.06. The number of likely N-dealkylation sites (tertiary alicyclic amines) is 1. The van der Waals surface area contributed by atoms with Crippen LogP contribution in [0.1, 0.15) is 27.3 Å². The summed E-state index contributed by atoms with van der Waals surface area (Å²) in [6, 6.07) is 13.2. The average molecular weight is 531 g/mol. The average Bonchev–Trinajstić information content (AvgIpc) is 3.62. The maximum atomic E-state index is 14.4. The highest BCUT2D eigenvalue weighted by Gasteiger charge is 2.51. The van der Waals surface area contributed by atoms with Gasteiger partial charge in [0, 0.05) is 24.5 Å². The normalized spacial score (nSPS) is 18.3. The van der Waals surface area contributed by atoms with Crippen molar-refractivity contribution in [3.05, 3.63) is 82.3 Å². The fraction of sp³-hybridized carbons (Fsp3) is 0.346. The third-order valence-corrected chi connectivity index (χ3v) is 7.17. The zero-order chi connectivity index (χ0) is 26.6. The molecule has 1 aromatic carbocycles. The maximum absolute atomic E-state index is 14.4. The lowest BCUT2D eigenvalue weighted by molar-refractivity contribution is -0.147. The molecular formula is C26H28F2N4O4S. The highest BCUT2D eigenvalue weighted by molar-refractivity contribution is 7.09. The Labute approximate surface area is 216 Å².